The number of nitrogens with one attached hydrogen (secondary N) is 2. The molecule has 2 heterocycles. The van der Waals surface area contributed by atoms with Gasteiger partial charge in [-0.2, -0.15) is 0 Å². The van der Waals surface area contributed by atoms with E-state index in [4.69, 9.17) is 11.6 Å². The molecule has 0 amide bonds. The summed E-state index contributed by atoms with van der Waals surface area (Å²) in [6, 6.07) is 8.97. The number of pyridine rings is 1. The minimum atomic E-state index is -0.122. The van der Waals surface area contributed by atoms with Gasteiger partial charge in [0.2, 0.25) is 0 Å². The van der Waals surface area contributed by atoms with Crippen molar-refractivity contribution in [3.63, 3.8) is 0 Å². The third-order valence-electron chi connectivity index (χ3n) is 3.12. The van der Waals surface area contributed by atoms with Crippen molar-refractivity contribution in [1.29, 1.82) is 0 Å². The molecule has 0 saturated heterocycles. The second kappa shape index (κ2) is 5.54. The van der Waals surface area contributed by atoms with Gasteiger partial charge in [0.15, 0.2) is 0 Å². The quantitative estimate of drug-likeness (QED) is 0.780. The highest BCUT2D eigenvalue weighted by atomic mass is 35.5. The third kappa shape index (κ3) is 3.03. The lowest BCUT2D eigenvalue weighted by Gasteiger charge is -2.07. The first-order valence-corrected chi connectivity index (χ1v) is 6.84. The van der Waals surface area contributed by atoms with Crippen LogP contribution in [0.25, 0.3) is 10.9 Å². The van der Waals surface area contributed by atoms with E-state index in [1.807, 2.05) is 19.1 Å². The Hall–Kier alpha value is -2.40. The molecular formula is C15H13ClN4O. The predicted molar refractivity (Wildman–Crippen MR) is 83.7 cm³/mol. The molecule has 3 aromatic rings. The van der Waals surface area contributed by atoms with Crippen LogP contribution >= 0.6 is 11.6 Å². The van der Waals surface area contributed by atoms with Crippen LogP contribution in [0.1, 0.15) is 11.4 Å². The minimum absolute atomic E-state index is 0.122. The largest absolute Gasteiger partial charge is 0.366 e. The number of H-pyrrole nitrogens is 1. The van der Waals surface area contributed by atoms with Crippen molar-refractivity contribution < 1.29 is 0 Å². The average Bonchev–Trinajstić information content (AvgIpc) is 2.45. The highest BCUT2D eigenvalue weighted by Crippen LogP contribution is 2.17. The Labute approximate surface area is 126 Å². The van der Waals surface area contributed by atoms with Crippen LogP contribution in [-0.4, -0.2) is 15.0 Å². The number of anilines is 1. The number of aromatic amines is 1. The summed E-state index contributed by atoms with van der Waals surface area (Å²) in [7, 11) is 0. The highest BCUT2D eigenvalue weighted by Gasteiger charge is 2.04. The number of halogens is 1. The van der Waals surface area contributed by atoms with E-state index in [1.54, 1.807) is 24.4 Å². The molecule has 0 unspecified atom stereocenters. The normalized spacial score (nSPS) is 10.8. The molecule has 0 fully saturated rings. The van der Waals surface area contributed by atoms with E-state index in [9.17, 15) is 4.79 Å². The fourth-order valence-corrected chi connectivity index (χ4v) is 2.27. The fourth-order valence-electron chi connectivity index (χ4n) is 2.09. The Morgan fingerprint density at radius 1 is 1.29 bits per heavy atom. The second-order valence-corrected chi connectivity index (χ2v) is 5.13. The van der Waals surface area contributed by atoms with Gasteiger partial charge in [0.1, 0.15) is 11.6 Å². The van der Waals surface area contributed by atoms with E-state index >= 15 is 0 Å². The molecule has 0 radical (unpaired) electrons. The Balaban J connectivity index is 1.90. The first-order chi connectivity index (χ1) is 10.1. The maximum Gasteiger partial charge on any atom is 0.253 e. The van der Waals surface area contributed by atoms with Crippen LogP contribution in [0.4, 0.5) is 5.82 Å². The lowest BCUT2D eigenvalue weighted by molar-refractivity contribution is 1.01. The molecule has 0 spiro atoms. The van der Waals surface area contributed by atoms with Gasteiger partial charge >= 0.3 is 0 Å². The number of nitrogens with zero attached hydrogens (tertiary/aromatic N) is 2. The topological polar surface area (TPSA) is 70.7 Å². The van der Waals surface area contributed by atoms with Crippen LogP contribution in [0.15, 0.2) is 41.3 Å². The number of aryl methyl sites for hydroxylation is 1. The summed E-state index contributed by atoms with van der Waals surface area (Å²) in [5.41, 5.74) is 1.27. The van der Waals surface area contributed by atoms with Gasteiger partial charge in [0.25, 0.3) is 5.56 Å². The summed E-state index contributed by atoms with van der Waals surface area (Å²) >= 11 is 5.98. The van der Waals surface area contributed by atoms with Gasteiger partial charge in [-0.25, -0.2) is 9.97 Å². The lowest BCUT2D eigenvalue weighted by atomic mass is 10.1. The summed E-state index contributed by atoms with van der Waals surface area (Å²) in [6.07, 6.45) is 1.68. The molecule has 0 saturated carbocycles. The van der Waals surface area contributed by atoms with Crippen LogP contribution in [0, 0.1) is 6.92 Å². The first kappa shape index (κ1) is 13.6. The molecule has 3 rings (SSSR count). The smallest absolute Gasteiger partial charge is 0.253 e. The van der Waals surface area contributed by atoms with Crippen molar-refractivity contribution in [3.8, 4) is 0 Å². The van der Waals surface area contributed by atoms with Crippen molar-refractivity contribution in [2.75, 3.05) is 5.32 Å². The van der Waals surface area contributed by atoms with Crippen molar-refractivity contribution in [2.45, 2.75) is 13.5 Å². The number of benzene rings is 1. The number of aromatic nitrogens is 3. The molecule has 0 atom stereocenters. The van der Waals surface area contributed by atoms with E-state index in [2.05, 4.69) is 20.3 Å². The van der Waals surface area contributed by atoms with Crippen LogP contribution < -0.4 is 10.9 Å². The van der Waals surface area contributed by atoms with Gasteiger partial charge in [-0.05, 0) is 37.3 Å². The van der Waals surface area contributed by atoms with Gasteiger partial charge in [-0.3, -0.25) is 4.79 Å². The summed E-state index contributed by atoms with van der Waals surface area (Å²) in [5.74, 6) is 1.37. The Kier molecular flexibility index (Phi) is 3.58. The standard InChI is InChI=1S/C15H13ClN4O/c1-9-17-5-4-14(19-9)18-8-11-6-10-7-12(16)2-3-13(10)20-15(11)21/h2-7H,8H2,1H3,(H,20,21)(H,17,18,19). The van der Waals surface area contributed by atoms with Gasteiger partial charge < -0.3 is 10.3 Å². The fraction of sp³-hybridized carbons (Fsp3) is 0.133. The summed E-state index contributed by atoms with van der Waals surface area (Å²) in [6.45, 7) is 2.20. The molecular weight excluding hydrogens is 288 g/mol. The summed E-state index contributed by atoms with van der Waals surface area (Å²) in [4.78, 5) is 23.2. The van der Waals surface area contributed by atoms with Crippen LogP contribution in [-0.2, 0) is 6.54 Å². The molecule has 0 bridgehead atoms. The molecule has 2 N–H and O–H groups in total. The lowest BCUT2D eigenvalue weighted by Crippen LogP contribution is -2.16. The zero-order valence-electron chi connectivity index (χ0n) is 11.4. The highest BCUT2D eigenvalue weighted by molar-refractivity contribution is 6.31. The van der Waals surface area contributed by atoms with Crippen molar-refractivity contribution in [2.24, 2.45) is 0 Å². The zero-order chi connectivity index (χ0) is 14.8. The Morgan fingerprint density at radius 2 is 2.14 bits per heavy atom. The number of hydrogen-bond acceptors (Lipinski definition) is 4. The van der Waals surface area contributed by atoms with Crippen molar-refractivity contribution in [1.82, 2.24) is 15.0 Å². The minimum Gasteiger partial charge on any atom is -0.366 e. The van der Waals surface area contributed by atoms with E-state index < -0.39 is 0 Å². The summed E-state index contributed by atoms with van der Waals surface area (Å²) < 4.78 is 0. The van der Waals surface area contributed by atoms with Crippen molar-refractivity contribution in [3.05, 3.63) is 63.3 Å². The monoisotopic (exact) mass is 300 g/mol. The molecule has 2 aromatic heterocycles. The van der Waals surface area contributed by atoms with E-state index in [0.717, 1.165) is 10.9 Å². The van der Waals surface area contributed by atoms with E-state index in [1.165, 1.54) is 0 Å². The second-order valence-electron chi connectivity index (χ2n) is 4.70. The number of rotatable bonds is 3. The Bertz CT molecular complexity index is 860. The predicted octanol–water partition coefficient (Wildman–Crippen LogP) is 2.89. The molecule has 1 aromatic carbocycles. The van der Waals surface area contributed by atoms with Crippen LogP contribution in [0.5, 0.6) is 0 Å². The molecule has 6 heteroatoms. The number of hydrogen-bond donors (Lipinski definition) is 2. The van der Waals surface area contributed by atoms with Gasteiger partial charge in [0, 0.05) is 34.2 Å². The Morgan fingerprint density at radius 3 is 2.95 bits per heavy atom. The third-order valence-corrected chi connectivity index (χ3v) is 3.35. The molecule has 106 valence electrons. The SMILES string of the molecule is Cc1nccc(NCc2cc3cc(Cl)ccc3[nH]c2=O)n1. The number of fused-ring (bicyclic) bond motifs is 1. The molecule has 0 aliphatic rings. The van der Waals surface area contributed by atoms with E-state index in [0.29, 0.717) is 28.8 Å². The maximum absolute atomic E-state index is 12.0. The zero-order valence-corrected chi connectivity index (χ0v) is 12.1. The molecule has 0 aliphatic heterocycles. The van der Waals surface area contributed by atoms with Gasteiger partial charge in [0.05, 0.1) is 0 Å². The van der Waals surface area contributed by atoms with Crippen LogP contribution in [0.2, 0.25) is 5.02 Å². The van der Waals surface area contributed by atoms with Gasteiger partial charge in [-0.15, -0.1) is 0 Å². The van der Waals surface area contributed by atoms with Crippen LogP contribution in [0.3, 0.4) is 0 Å². The van der Waals surface area contributed by atoms with Gasteiger partial charge in [-0.1, -0.05) is 11.6 Å². The average molecular weight is 301 g/mol. The molecule has 5 nitrogen and oxygen atoms in total. The molecule has 0 aliphatic carbocycles. The van der Waals surface area contributed by atoms with E-state index in [-0.39, 0.29) is 5.56 Å². The first-order valence-electron chi connectivity index (χ1n) is 6.47. The molecule has 21 heavy (non-hydrogen) atoms. The summed E-state index contributed by atoms with van der Waals surface area (Å²) in [5, 5.41) is 4.66. The maximum atomic E-state index is 12.0. The van der Waals surface area contributed by atoms with Crippen molar-refractivity contribution >= 4 is 28.3 Å².